The molecule has 0 saturated carbocycles. The number of hydrogen-bond donors (Lipinski definition) is 0. The molecule has 2 atom stereocenters. The first-order valence-corrected chi connectivity index (χ1v) is 25.0. The van der Waals surface area contributed by atoms with Crippen molar-refractivity contribution >= 4 is 33.9 Å². The zero-order valence-corrected chi connectivity index (χ0v) is 38.9. The van der Waals surface area contributed by atoms with Crippen LogP contribution in [-0.2, 0) is 5.41 Å². The van der Waals surface area contributed by atoms with Crippen molar-refractivity contribution in [3.63, 3.8) is 0 Å². The monoisotopic (exact) mass is 886 g/mol. The maximum atomic E-state index is 2.47. The average molecular weight is 887 g/mol. The Morgan fingerprint density at radius 1 is 0.464 bits per heavy atom. The highest BCUT2D eigenvalue weighted by Crippen LogP contribution is 2.65. The van der Waals surface area contributed by atoms with Crippen LogP contribution in [0.1, 0.15) is 84.2 Å². The lowest BCUT2D eigenvalue weighted by molar-refractivity contribution is 0.679. The topological polar surface area (TPSA) is 6.48 Å². The van der Waals surface area contributed by atoms with Crippen LogP contribution in [0.25, 0.3) is 33.4 Å². The van der Waals surface area contributed by atoms with Crippen LogP contribution < -0.4 is 9.80 Å². The van der Waals surface area contributed by atoms with Gasteiger partial charge in [-0.05, 0) is 166 Å². The zero-order chi connectivity index (χ0) is 45.7. The van der Waals surface area contributed by atoms with E-state index in [9.17, 15) is 0 Å². The molecule has 2 heteroatoms. The smallest absolute Gasteiger partial charge is 0.0689 e. The maximum Gasteiger partial charge on any atom is 0.0689 e. The van der Waals surface area contributed by atoms with Crippen molar-refractivity contribution in [3.05, 3.63) is 287 Å². The van der Waals surface area contributed by atoms with Crippen LogP contribution >= 0.6 is 0 Å². The first-order valence-electron chi connectivity index (χ1n) is 25.0. The molecule has 0 aromatic heterocycles. The van der Waals surface area contributed by atoms with Gasteiger partial charge in [0, 0.05) is 39.9 Å². The van der Waals surface area contributed by atoms with Gasteiger partial charge in [0.15, 0.2) is 0 Å². The molecule has 0 amide bonds. The Bertz CT molecular complexity index is 3400. The van der Waals surface area contributed by atoms with Crippen molar-refractivity contribution in [2.75, 3.05) is 9.80 Å². The number of nitrogens with zero attached hydrogens (tertiary/aromatic N) is 2. The minimum atomic E-state index is -0.398. The molecule has 7 aromatic rings. The summed E-state index contributed by atoms with van der Waals surface area (Å²) in [5.41, 5.74) is 24.4. The third-order valence-corrected chi connectivity index (χ3v) is 15.4. The normalized spacial score (nSPS) is 19.4. The molecule has 0 aliphatic heterocycles. The molecule has 2 nitrogen and oxygen atoms in total. The van der Waals surface area contributed by atoms with Gasteiger partial charge in [-0.15, -0.1) is 0 Å². The summed E-state index contributed by atoms with van der Waals surface area (Å²) in [6.07, 6.45) is 33.1. The first kappa shape index (κ1) is 41.3. The van der Waals surface area contributed by atoms with Crippen LogP contribution in [0, 0.1) is 0 Å². The number of allylic oxidation sites excluding steroid dienone is 15. The third-order valence-electron chi connectivity index (χ3n) is 15.4. The molecular formula is C67H54N2. The number of anilines is 4. The Hall–Kier alpha value is -7.94. The molecule has 0 heterocycles. The average Bonchev–Trinajstić information content (AvgIpc) is 3.90. The second kappa shape index (κ2) is 17.3. The van der Waals surface area contributed by atoms with Gasteiger partial charge < -0.3 is 9.80 Å². The summed E-state index contributed by atoms with van der Waals surface area (Å²) in [5.74, 6) is 0.220. The van der Waals surface area contributed by atoms with Crippen LogP contribution in [0.5, 0.6) is 0 Å². The summed E-state index contributed by atoms with van der Waals surface area (Å²) in [6.45, 7) is 0. The Kier molecular flexibility index (Phi) is 10.3. The standard InChI is InChI=1S/C67H54N2/c1-5-20-48(21-6-1)56-28-15-18-35-65(56)69(53-26-11-4-12-27-53)55-41-36-47(37-42-55)50-40-45-59-58-29-13-16-32-61(58)67(64(59)46-50)62-33-17-14-30-60(62)66-57(31-19-34-63(66)67)49-38-43-54(44-39-49)68(51-22-7-2-8-23-51)52-24-9-3-10-25-52/h2,4-5,7,9,11-22,24-45,50H,1,3,6,8,10,23,46H2. The molecule has 0 saturated heterocycles. The lowest BCUT2D eigenvalue weighted by Crippen LogP contribution is -2.28. The van der Waals surface area contributed by atoms with Crippen molar-refractivity contribution in [1.82, 2.24) is 0 Å². The second-order valence-corrected chi connectivity index (χ2v) is 19.2. The lowest BCUT2D eigenvalue weighted by atomic mass is 9.66. The number of hydrogen-bond acceptors (Lipinski definition) is 2. The van der Waals surface area contributed by atoms with Crippen LogP contribution in [0.3, 0.4) is 0 Å². The quantitative estimate of drug-likeness (QED) is 0.142. The van der Waals surface area contributed by atoms with E-state index in [4.69, 9.17) is 0 Å². The summed E-state index contributed by atoms with van der Waals surface area (Å²) in [7, 11) is 0. The largest absolute Gasteiger partial charge is 0.315 e. The molecule has 6 aliphatic carbocycles. The molecule has 13 rings (SSSR count). The Morgan fingerprint density at radius 3 is 1.87 bits per heavy atom. The van der Waals surface area contributed by atoms with E-state index in [1.165, 1.54) is 95.1 Å². The van der Waals surface area contributed by atoms with Gasteiger partial charge in [-0.25, -0.2) is 0 Å². The summed E-state index contributed by atoms with van der Waals surface area (Å²) < 4.78 is 0. The fraction of sp³-hybridized carbons (Fsp3) is 0.134. The van der Waals surface area contributed by atoms with Gasteiger partial charge in [0.05, 0.1) is 11.1 Å². The van der Waals surface area contributed by atoms with Crippen LogP contribution in [0.4, 0.5) is 22.7 Å². The first-order chi connectivity index (χ1) is 34.3. The van der Waals surface area contributed by atoms with E-state index in [0.717, 1.165) is 56.3 Å². The van der Waals surface area contributed by atoms with Crippen LogP contribution in [0.2, 0.25) is 0 Å². The van der Waals surface area contributed by atoms with E-state index in [1.54, 1.807) is 0 Å². The van der Waals surface area contributed by atoms with Crippen molar-refractivity contribution in [2.24, 2.45) is 0 Å². The molecule has 7 aromatic carbocycles. The number of para-hydroxylation sites is 2. The van der Waals surface area contributed by atoms with E-state index >= 15 is 0 Å². The van der Waals surface area contributed by atoms with Gasteiger partial charge in [0.2, 0.25) is 0 Å². The van der Waals surface area contributed by atoms with E-state index in [2.05, 4.69) is 246 Å². The Morgan fingerprint density at radius 2 is 1.12 bits per heavy atom. The van der Waals surface area contributed by atoms with E-state index in [-0.39, 0.29) is 5.92 Å². The van der Waals surface area contributed by atoms with E-state index < -0.39 is 5.41 Å². The van der Waals surface area contributed by atoms with Crippen molar-refractivity contribution in [2.45, 2.75) is 56.3 Å². The molecule has 0 fully saturated rings. The predicted molar refractivity (Wildman–Crippen MR) is 290 cm³/mol. The molecular weight excluding hydrogens is 833 g/mol. The van der Waals surface area contributed by atoms with Crippen molar-refractivity contribution in [1.29, 1.82) is 0 Å². The van der Waals surface area contributed by atoms with Gasteiger partial charge in [0.25, 0.3) is 0 Å². The summed E-state index contributed by atoms with van der Waals surface area (Å²) in [4.78, 5) is 4.90. The van der Waals surface area contributed by atoms with E-state index in [1.807, 2.05) is 0 Å². The van der Waals surface area contributed by atoms with Gasteiger partial charge in [-0.3, -0.25) is 0 Å². The summed E-state index contributed by atoms with van der Waals surface area (Å²) in [5, 5.41) is 0. The Balaban J connectivity index is 0.884. The minimum Gasteiger partial charge on any atom is -0.315 e. The number of rotatable bonds is 9. The van der Waals surface area contributed by atoms with Crippen molar-refractivity contribution in [3.8, 4) is 22.3 Å². The Labute approximate surface area is 407 Å². The molecule has 0 N–H and O–H groups in total. The summed E-state index contributed by atoms with van der Waals surface area (Å²) in [6, 6.07) is 64.1. The van der Waals surface area contributed by atoms with Gasteiger partial charge in [0.1, 0.15) is 0 Å². The zero-order valence-electron chi connectivity index (χ0n) is 38.9. The molecule has 332 valence electrons. The second-order valence-electron chi connectivity index (χ2n) is 19.2. The fourth-order valence-electron chi connectivity index (χ4n) is 12.4. The highest BCUT2D eigenvalue weighted by atomic mass is 15.2. The molecule has 1 spiro atoms. The van der Waals surface area contributed by atoms with Gasteiger partial charge in [-0.1, -0.05) is 182 Å². The molecule has 0 bridgehead atoms. The van der Waals surface area contributed by atoms with Gasteiger partial charge in [-0.2, -0.15) is 0 Å². The third kappa shape index (κ3) is 6.84. The predicted octanol–water partition coefficient (Wildman–Crippen LogP) is 17.7. The maximum absolute atomic E-state index is 2.47. The molecule has 69 heavy (non-hydrogen) atoms. The number of benzene rings is 7. The molecule has 0 radical (unpaired) electrons. The minimum absolute atomic E-state index is 0.220. The van der Waals surface area contributed by atoms with Gasteiger partial charge >= 0.3 is 0 Å². The van der Waals surface area contributed by atoms with Crippen molar-refractivity contribution < 1.29 is 0 Å². The lowest BCUT2D eigenvalue weighted by Gasteiger charge is -2.35. The fourth-order valence-corrected chi connectivity index (χ4v) is 12.4. The molecule has 6 aliphatic rings. The van der Waals surface area contributed by atoms with Crippen LogP contribution in [0.15, 0.2) is 254 Å². The highest BCUT2D eigenvalue weighted by Gasteiger charge is 2.53. The SMILES string of the molecule is C1=CCCC(N(C2=CCCC=C2)c2ccc(-c3cccc4c3-c3ccccc3C43C4=C(C=CC(c5ccc(N(c6ccccc6)c6ccccc6C6=CCCC=C6)cc5)C4)c4ccccc43)cc2)=C1. The summed E-state index contributed by atoms with van der Waals surface area (Å²) >= 11 is 0. The van der Waals surface area contributed by atoms with Crippen LogP contribution in [-0.4, -0.2) is 0 Å². The van der Waals surface area contributed by atoms with E-state index in [0.29, 0.717) is 0 Å². The highest BCUT2D eigenvalue weighted by molar-refractivity contribution is 6.01. The number of fused-ring (bicyclic) bond motifs is 9. The molecule has 2 unspecified atom stereocenters.